The average molecular weight is 252 g/mol. The number of nitrogens with zero attached hydrogens (tertiary/aromatic N) is 1. The maximum atomic E-state index is 12.1. The van der Waals surface area contributed by atoms with Crippen LogP contribution in [0.5, 0.6) is 0 Å². The van der Waals surface area contributed by atoms with E-state index in [9.17, 15) is 4.79 Å². The number of ether oxygens (including phenoxy) is 1. The van der Waals surface area contributed by atoms with E-state index in [4.69, 9.17) is 10.5 Å². The number of aromatic amines is 1. The third-order valence-electron chi connectivity index (χ3n) is 3.53. The van der Waals surface area contributed by atoms with Crippen LogP contribution in [0.2, 0.25) is 0 Å². The lowest BCUT2D eigenvalue weighted by molar-refractivity contribution is 0.0538. The highest BCUT2D eigenvalue weighted by Gasteiger charge is 2.24. The van der Waals surface area contributed by atoms with Gasteiger partial charge in [0.25, 0.3) is 5.91 Å². The molecule has 0 aliphatic carbocycles. The van der Waals surface area contributed by atoms with Gasteiger partial charge in [0.1, 0.15) is 5.56 Å². The van der Waals surface area contributed by atoms with Crippen LogP contribution in [0.4, 0.5) is 5.82 Å². The fraction of sp³-hybridized carbons (Fsp3) is 0.667. The molecule has 4 N–H and O–H groups in total. The van der Waals surface area contributed by atoms with E-state index in [0.717, 1.165) is 26.1 Å². The van der Waals surface area contributed by atoms with Crippen molar-refractivity contribution in [3.8, 4) is 0 Å². The van der Waals surface area contributed by atoms with Crippen LogP contribution in [0.1, 0.15) is 35.8 Å². The number of carbonyl (C=O) groups is 1. The quantitative estimate of drug-likeness (QED) is 0.743. The number of rotatable bonds is 3. The number of nitrogens with two attached hydrogens (primary N) is 1. The lowest BCUT2D eigenvalue weighted by Gasteiger charge is -2.28. The summed E-state index contributed by atoms with van der Waals surface area (Å²) in [7, 11) is 0. The highest BCUT2D eigenvalue weighted by Crippen LogP contribution is 2.19. The molecule has 18 heavy (non-hydrogen) atoms. The molecule has 1 unspecified atom stereocenters. The Kier molecular flexibility index (Phi) is 3.86. The number of aryl methyl sites for hydroxylation is 1. The zero-order valence-corrected chi connectivity index (χ0v) is 10.8. The standard InChI is InChI=1S/C12H20N4O2/c1-7(9-3-5-18-6-4-9)14-12(17)10-8(2)15-16-11(10)13/h7,9H,3-6H2,1-2H3,(H,14,17)(H3,13,15,16). The molecule has 2 rings (SSSR count). The summed E-state index contributed by atoms with van der Waals surface area (Å²) in [6, 6.07) is 0.120. The van der Waals surface area contributed by atoms with E-state index in [2.05, 4.69) is 15.5 Å². The molecule has 1 aliphatic heterocycles. The summed E-state index contributed by atoms with van der Waals surface area (Å²) in [5.74, 6) is 0.568. The van der Waals surface area contributed by atoms with Gasteiger partial charge >= 0.3 is 0 Å². The fourth-order valence-electron chi connectivity index (χ4n) is 2.35. The van der Waals surface area contributed by atoms with Crippen LogP contribution < -0.4 is 11.1 Å². The second kappa shape index (κ2) is 5.39. The van der Waals surface area contributed by atoms with Crippen molar-refractivity contribution in [3.05, 3.63) is 11.3 Å². The molecule has 2 heterocycles. The van der Waals surface area contributed by atoms with Crippen LogP contribution in [-0.4, -0.2) is 35.4 Å². The first-order valence-corrected chi connectivity index (χ1v) is 6.28. The molecular formula is C12H20N4O2. The molecule has 6 nitrogen and oxygen atoms in total. The number of aromatic nitrogens is 2. The largest absolute Gasteiger partial charge is 0.382 e. The second-order valence-corrected chi connectivity index (χ2v) is 4.82. The van der Waals surface area contributed by atoms with Crippen LogP contribution in [-0.2, 0) is 4.74 Å². The summed E-state index contributed by atoms with van der Waals surface area (Å²) in [5.41, 5.74) is 6.82. The van der Waals surface area contributed by atoms with E-state index in [1.165, 1.54) is 0 Å². The summed E-state index contributed by atoms with van der Waals surface area (Å²) in [6.45, 7) is 5.37. The van der Waals surface area contributed by atoms with Crippen LogP contribution in [0.25, 0.3) is 0 Å². The molecule has 100 valence electrons. The first-order valence-electron chi connectivity index (χ1n) is 6.28. The highest BCUT2D eigenvalue weighted by molar-refractivity contribution is 5.99. The van der Waals surface area contributed by atoms with Gasteiger partial charge in [-0.15, -0.1) is 0 Å². The Morgan fingerprint density at radius 2 is 2.22 bits per heavy atom. The smallest absolute Gasteiger partial charge is 0.257 e. The maximum Gasteiger partial charge on any atom is 0.257 e. The molecule has 1 amide bonds. The maximum absolute atomic E-state index is 12.1. The van der Waals surface area contributed by atoms with Gasteiger partial charge in [-0.25, -0.2) is 0 Å². The van der Waals surface area contributed by atoms with E-state index >= 15 is 0 Å². The van der Waals surface area contributed by atoms with Crippen molar-refractivity contribution in [2.75, 3.05) is 18.9 Å². The Labute approximate surface area is 106 Å². The van der Waals surface area contributed by atoms with Crippen LogP contribution >= 0.6 is 0 Å². The van der Waals surface area contributed by atoms with Gasteiger partial charge in [-0.2, -0.15) is 5.10 Å². The monoisotopic (exact) mass is 252 g/mol. The van der Waals surface area contributed by atoms with Gasteiger partial charge in [-0.3, -0.25) is 9.89 Å². The number of anilines is 1. The molecular weight excluding hydrogens is 232 g/mol. The van der Waals surface area contributed by atoms with E-state index in [1.807, 2.05) is 6.92 Å². The van der Waals surface area contributed by atoms with E-state index < -0.39 is 0 Å². The number of nitrogens with one attached hydrogen (secondary N) is 2. The summed E-state index contributed by atoms with van der Waals surface area (Å²) in [6.07, 6.45) is 1.97. The van der Waals surface area contributed by atoms with Gasteiger partial charge in [0.15, 0.2) is 5.82 Å². The van der Waals surface area contributed by atoms with Crippen molar-refractivity contribution in [1.29, 1.82) is 0 Å². The summed E-state index contributed by atoms with van der Waals surface area (Å²) in [4.78, 5) is 12.1. The number of hydrogen-bond donors (Lipinski definition) is 3. The van der Waals surface area contributed by atoms with Gasteiger partial charge in [0, 0.05) is 24.9 Å². The lowest BCUT2D eigenvalue weighted by Crippen LogP contribution is -2.40. The molecule has 0 saturated carbocycles. The first-order chi connectivity index (χ1) is 8.59. The molecule has 6 heteroatoms. The topological polar surface area (TPSA) is 93.0 Å². The zero-order valence-electron chi connectivity index (χ0n) is 10.8. The SMILES string of the molecule is Cc1[nH]nc(N)c1C(=O)NC(C)C1CCOCC1. The van der Waals surface area contributed by atoms with E-state index in [-0.39, 0.29) is 17.8 Å². The van der Waals surface area contributed by atoms with Crippen molar-refractivity contribution in [1.82, 2.24) is 15.5 Å². The van der Waals surface area contributed by atoms with Gasteiger partial charge in [0.2, 0.25) is 0 Å². The molecule has 1 saturated heterocycles. The third-order valence-corrected chi connectivity index (χ3v) is 3.53. The molecule has 1 atom stereocenters. The summed E-state index contributed by atoms with van der Waals surface area (Å²) >= 11 is 0. The van der Waals surface area contributed by atoms with Crippen LogP contribution in [0.3, 0.4) is 0 Å². The Morgan fingerprint density at radius 3 is 2.78 bits per heavy atom. The van der Waals surface area contributed by atoms with E-state index in [0.29, 0.717) is 17.2 Å². The Bertz CT molecular complexity index is 404. The molecule has 1 aromatic heterocycles. The Balaban J connectivity index is 1.98. The minimum atomic E-state index is -0.155. The first kappa shape index (κ1) is 12.9. The summed E-state index contributed by atoms with van der Waals surface area (Å²) in [5, 5.41) is 9.54. The number of H-pyrrole nitrogens is 1. The molecule has 0 spiro atoms. The molecule has 0 radical (unpaired) electrons. The number of hydrogen-bond acceptors (Lipinski definition) is 4. The van der Waals surface area contributed by atoms with E-state index in [1.54, 1.807) is 6.92 Å². The normalized spacial score (nSPS) is 18.6. The number of amides is 1. The average Bonchev–Trinajstić information content (AvgIpc) is 2.70. The zero-order chi connectivity index (χ0) is 13.1. The van der Waals surface area contributed by atoms with Crippen LogP contribution in [0, 0.1) is 12.8 Å². The molecule has 1 aromatic rings. The van der Waals surface area contributed by atoms with Crippen molar-refractivity contribution in [2.45, 2.75) is 32.7 Å². The molecule has 1 aliphatic rings. The van der Waals surface area contributed by atoms with Crippen molar-refractivity contribution < 1.29 is 9.53 Å². The van der Waals surface area contributed by atoms with Gasteiger partial charge in [-0.1, -0.05) is 0 Å². The van der Waals surface area contributed by atoms with Crippen molar-refractivity contribution in [3.63, 3.8) is 0 Å². The fourth-order valence-corrected chi connectivity index (χ4v) is 2.35. The molecule has 0 aromatic carbocycles. The predicted molar refractivity (Wildman–Crippen MR) is 68.2 cm³/mol. The number of carbonyl (C=O) groups excluding carboxylic acids is 1. The van der Waals surface area contributed by atoms with Gasteiger partial charge < -0.3 is 15.8 Å². The van der Waals surface area contributed by atoms with Gasteiger partial charge in [-0.05, 0) is 32.6 Å². The minimum Gasteiger partial charge on any atom is -0.382 e. The summed E-state index contributed by atoms with van der Waals surface area (Å²) < 4.78 is 5.32. The lowest BCUT2D eigenvalue weighted by atomic mass is 9.93. The highest BCUT2D eigenvalue weighted by atomic mass is 16.5. The van der Waals surface area contributed by atoms with Gasteiger partial charge in [0.05, 0.1) is 0 Å². The molecule has 0 bridgehead atoms. The van der Waals surface area contributed by atoms with Crippen molar-refractivity contribution in [2.24, 2.45) is 5.92 Å². The third kappa shape index (κ3) is 2.64. The minimum absolute atomic E-state index is 0.120. The predicted octanol–water partition coefficient (Wildman–Crippen LogP) is 0.845. The molecule has 1 fully saturated rings. The Hall–Kier alpha value is -1.56. The number of nitrogen functional groups attached to an aromatic ring is 1. The Morgan fingerprint density at radius 1 is 1.56 bits per heavy atom. The second-order valence-electron chi connectivity index (χ2n) is 4.82. The van der Waals surface area contributed by atoms with Crippen molar-refractivity contribution >= 4 is 11.7 Å². The van der Waals surface area contributed by atoms with Crippen LogP contribution in [0.15, 0.2) is 0 Å².